The van der Waals surface area contributed by atoms with Gasteiger partial charge in [0, 0.05) is 18.8 Å². The Balaban J connectivity index is 1.58. The fourth-order valence-corrected chi connectivity index (χ4v) is 2.69. The van der Waals surface area contributed by atoms with E-state index in [-0.39, 0.29) is 6.03 Å². The Bertz CT molecular complexity index is 683. The number of ether oxygens (including phenoxy) is 1. The maximum absolute atomic E-state index is 12.2. The van der Waals surface area contributed by atoms with Crippen LogP contribution in [0, 0.1) is 6.92 Å². The number of aryl methyl sites for hydroxylation is 1. The smallest absolute Gasteiger partial charge is 0.321 e. The van der Waals surface area contributed by atoms with E-state index in [2.05, 4.69) is 5.32 Å². The summed E-state index contributed by atoms with van der Waals surface area (Å²) in [5, 5.41) is 12.5. The van der Waals surface area contributed by atoms with Crippen LogP contribution in [0.15, 0.2) is 48.5 Å². The molecule has 24 heavy (non-hydrogen) atoms. The molecule has 0 radical (unpaired) electrons. The first-order valence-corrected chi connectivity index (χ1v) is 8.19. The second-order valence-corrected chi connectivity index (χ2v) is 6.11. The number of nitrogens with one attached hydrogen (secondary N) is 1. The summed E-state index contributed by atoms with van der Waals surface area (Å²) in [6, 6.07) is 14.9. The molecule has 1 heterocycles. The van der Waals surface area contributed by atoms with Crippen LogP contribution in [0.25, 0.3) is 0 Å². The summed E-state index contributed by atoms with van der Waals surface area (Å²) in [5.74, 6) is 1.49. The normalized spacial score (nSPS) is 17.4. The first-order valence-electron chi connectivity index (χ1n) is 8.19. The number of anilines is 1. The zero-order valence-electron chi connectivity index (χ0n) is 13.7. The van der Waals surface area contributed by atoms with Gasteiger partial charge in [-0.05, 0) is 56.2 Å². The van der Waals surface area contributed by atoms with Crippen LogP contribution < -0.4 is 10.1 Å². The third-order valence-corrected chi connectivity index (χ3v) is 4.05. The van der Waals surface area contributed by atoms with Gasteiger partial charge in [0.05, 0.1) is 6.10 Å². The zero-order valence-corrected chi connectivity index (χ0v) is 13.7. The third-order valence-electron chi connectivity index (χ3n) is 4.05. The molecule has 0 aliphatic carbocycles. The minimum Gasteiger partial charge on any atom is -0.457 e. The van der Waals surface area contributed by atoms with Crippen molar-refractivity contribution in [2.24, 2.45) is 0 Å². The molecular weight excluding hydrogens is 304 g/mol. The molecular formula is C19H22N2O3. The first kappa shape index (κ1) is 16.3. The van der Waals surface area contributed by atoms with E-state index in [1.807, 2.05) is 55.5 Å². The molecule has 0 saturated carbocycles. The average molecular weight is 326 g/mol. The monoisotopic (exact) mass is 326 g/mol. The second kappa shape index (κ2) is 7.36. The number of aliphatic hydroxyl groups is 1. The molecule has 2 aromatic carbocycles. The van der Waals surface area contributed by atoms with Gasteiger partial charge in [-0.15, -0.1) is 0 Å². The summed E-state index contributed by atoms with van der Waals surface area (Å²) in [6.07, 6.45) is 1.17. The highest BCUT2D eigenvalue weighted by Crippen LogP contribution is 2.23. The Morgan fingerprint density at radius 3 is 2.38 bits per heavy atom. The number of β-amino-alcohol motifs (C(OH)–C–C–N with tert-alkyl or cyclic N) is 1. The van der Waals surface area contributed by atoms with Crippen LogP contribution in [0.3, 0.4) is 0 Å². The van der Waals surface area contributed by atoms with Crippen molar-refractivity contribution < 1.29 is 14.6 Å². The predicted octanol–water partition coefficient (Wildman–Crippen LogP) is 3.78. The van der Waals surface area contributed by atoms with Gasteiger partial charge in [-0.2, -0.15) is 0 Å². The average Bonchev–Trinajstić information content (AvgIpc) is 2.59. The van der Waals surface area contributed by atoms with Crippen LogP contribution >= 0.6 is 0 Å². The van der Waals surface area contributed by atoms with E-state index in [9.17, 15) is 9.90 Å². The fourth-order valence-electron chi connectivity index (χ4n) is 2.69. The number of aliphatic hydroxyl groups excluding tert-OH is 1. The van der Waals surface area contributed by atoms with Crippen LogP contribution in [0.4, 0.5) is 10.5 Å². The lowest BCUT2D eigenvalue weighted by Gasteiger charge is -2.30. The standard InChI is InChI=1S/C19H22N2O3/c1-14-4-8-17(9-5-14)24-18-10-6-15(7-11-18)20-19(23)21-12-2-3-16(22)13-21/h4-11,16,22H,2-3,12-13H2,1H3,(H,20,23). The van der Waals surface area contributed by atoms with Gasteiger partial charge in [-0.1, -0.05) is 17.7 Å². The number of hydrogen-bond acceptors (Lipinski definition) is 3. The molecule has 2 N–H and O–H groups in total. The number of rotatable bonds is 3. The lowest BCUT2D eigenvalue weighted by atomic mass is 10.1. The largest absolute Gasteiger partial charge is 0.457 e. The minimum absolute atomic E-state index is 0.180. The van der Waals surface area contributed by atoms with Crippen LogP contribution in [0.1, 0.15) is 18.4 Å². The highest BCUT2D eigenvalue weighted by atomic mass is 16.5. The van der Waals surface area contributed by atoms with Gasteiger partial charge in [0.25, 0.3) is 0 Å². The number of hydrogen-bond donors (Lipinski definition) is 2. The molecule has 3 rings (SSSR count). The molecule has 126 valence electrons. The van der Waals surface area contributed by atoms with Crippen molar-refractivity contribution in [1.82, 2.24) is 4.90 Å². The molecule has 1 aliphatic heterocycles. The number of urea groups is 1. The Labute approximate surface area is 141 Å². The maximum atomic E-state index is 12.2. The number of carbonyl (C=O) groups excluding carboxylic acids is 1. The lowest BCUT2D eigenvalue weighted by Crippen LogP contribution is -2.44. The predicted molar refractivity (Wildman–Crippen MR) is 93.5 cm³/mol. The molecule has 1 fully saturated rings. The molecule has 0 bridgehead atoms. The molecule has 1 atom stereocenters. The van der Waals surface area contributed by atoms with Crippen molar-refractivity contribution in [3.05, 3.63) is 54.1 Å². The highest BCUT2D eigenvalue weighted by molar-refractivity contribution is 5.89. The number of carbonyl (C=O) groups is 1. The Kier molecular flexibility index (Phi) is 5.01. The summed E-state index contributed by atoms with van der Waals surface area (Å²) in [6.45, 7) is 3.10. The van der Waals surface area contributed by atoms with Gasteiger partial charge >= 0.3 is 6.03 Å². The van der Waals surface area contributed by atoms with Crippen LogP contribution in [0.2, 0.25) is 0 Å². The fraction of sp³-hybridized carbons (Fsp3) is 0.316. The molecule has 1 aliphatic rings. The van der Waals surface area contributed by atoms with E-state index in [1.165, 1.54) is 5.56 Å². The van der Waals surface area contributed by atoms with E-state index >= 15 is 0 Å². The van der Waals surface area contributed by atoms with Crippen molar-refractivity contribution in [2.45, 2.75) is 25.9 Å². The molecule has 2 amide bonds. The lowest BCUT2D eigenvalue weighted by molar-refractivity contribution is 0.0883. The van der Waals surface area contributed by atoms with Gasteiger partial charge in [0.2, 0.25) is 0 Å². The summed E-state index contributed by atoms with van der Waals surface area (Å²) < 4.78 is 5.77. The molecule has 5 nitrogen and oxygen atoms in total. The third kappa shape index (κ3) is 4.26. The van der Waals surface area contributed by atoms with E-state index in [4.69, 9.17) is 4.74 Å². The molecule has 0 aromatic heterocycles. The first-order chi connectivity index (χ1) is 11.6. The zero-order chi connectivity index (χ0) is 16.9. The van der Waals surface area contributed by atoms with Crippen molar-refractivity contribution in [2.75, 3.05) is 18.4 Å². The van der Waals surface area contributed by atoms with Gasteiger partial charge in [-0.3, -0.25) is 0 Å². The number of likely N-dealkylation sites (tertiary alicyclic amines) is 1. The van der Waals surface area contributed by atoms with Gasteiger partial charge < -0.3 is 20.1 Å². The Hall–Kier alpha value is -2.53. The van der Waals surface area contributed by atoms with Crippen molar-refractivity contribution in [3.63, 3.8) is 0 Å². The minimum atomic E-state index is -0.421. The van der Waals surface area contributed by atoms with E-state index in [1.54, 1.807) is 4.90 Å². The van der Waals surface area contributed by atoms with Crippen LogP contribution in [0.5, 0.6) is 11.5 Å². The van der Waals surface area contributed by atoms with Gasteiger partial charge in [0.15, 0.2) is 0 Å². The highest BCUT2D eigenvalue weighted by Gasteiger charge is 2.21. The Morgan fingerprint density at radius 1 is 1.12 bits per heavy atom. The number of amides is 2. The van der Waals surface area contributed by atoms with Gasteiger partial charge in [0.1, 0.15) is 11.5 Å². The quantitative estimate of drug-likeness (QED) is 0.902. The number of nitrogens with zero attached hydrogens (tertiary/aromatic N) is 1. The summed E-state index contributed by atoms with van der Waals surface area (Å²) in [4.78, 5) is 13.8. The maximum Gasteiger partial charge on any atom is 0.321 e. The van der Waals surface area contributed by atoms with Crippen LogP contribution in [-0.4, -0.2) is 35.2 Å². The topological polar surface area (TPSA) is 61.8 Å². The van der Waals surface area contributed by atoms with Crippen molar-refractivity contribution in [1.29, 1.82) is 0 Å². The molecule has 5 heteroatoms. The van der Waals surface area contributed by atoms with Crippen molar-refractivity contribution >= 4 is 11.7 Å². The van der Waals surface area contributed by atoms with Gasteiger partial charge in [-0.25, -0.2) is 4.79 Å². The number of benzene rings is 2. The SMILES string of the molecule is Cc1ccc(Oc2ccc(NC(=O)N3CCCC(O)C3)cc2)cc1. The molecule has 1 unspecified atom stereocenters. The number of piperidine rings is 1. The molecule has 2 aromatic rings. The van der Waals surface area contributed by atoms with E-state index in [0.29, 0.717) is 24.5 Å². The van der Waals surface area contributed by atoms with E-state index in [0.717, 1.165) is 18.6 Å². The second-order valence-electron chi connectivity index (χ2n) is 6.11. The summed E-state index contributed by atoms with van der Waals surface area (Å²) in [7, 11) is 0. The molecule has 0 spiro atoms. The van der Waals surface area contributed by atoms with Crippen molar-refractivity contribution in [3.8, 4) is 11.5 Å². The summed E-state index contributed by atoms with van der Waals surface area (Å²) in [5.41, 5.74) is 1.89. The van der Waals surface area contributed by atoms with Crippen LogP contribution in [-0.2, 0) is 0 Å². The summed E-state index contributed by atoms with van der Waals surface area (Å²) >= 11 is 0. The van der Waals surface area contributed by atoms with E-state index < -0.39 is 6.10 Å². The Morgan fingerprint density at radius 2 is 1.75 bits per heavy atom. The molecule has 1 saturated heterocycles.